The van der Waals surface area contributed by atoms with E-state index in [0.29, 0.717) is 0 Å². The van der Waals surface area contributed by atoms with Crippen LogP contribution in [0.15, 0.2) is 41.8 Å². The Balaban J connectivity index is 2.16. The maximum absolute atomic E-state index is 12.0. The molecule has 0 fully saturated rings. The first-order valence-corrected chi connectivity index (χ1v) is 9.37. The van der Waals surface area contributed by atoms with Gasteiger partial charge in [-0.15, -0.1) is 11.3 Å². The van der Waals surface area contributed by atoms with Crippen LogP contribution in [-0.2, 0) is 11.2 Å². The van der Waals surface area contributed by atoms with E-state index in [-0.39, 0.29) is 6.04 Å². The predicted molar refractivity (Wildman–Crippen MR) is 102 cm³/mol. The van der Waals surface area contributed by atoms with Gasteiger partial charge in [0.05, 0.1) is 12.1 Å². The van der Waals surface area contributed by atoms with Gasteiger partial charge < -0.3 is 5.73 Å². The number of amides is 3. The van der Waals surface area contributed by atoms with E-state index in [2.05, 4.69) is 41.8 Å². The Kier molecular flexibility index (Phi) is 7.16. The van der Waals surface area contributed by atoms with Gasteiger partial charge in [-0.2, -0.15) is 0 Å². The monoisotopic (exact) mass is 359 g/mol. The van der Waals surface area contributed by atoms with E-state index < -0.39 is 18.0 Å². The van der Waals surface area contributed by atoms with Gasteiger partial charge in [0.25, 0.3) is 0 Å². The van der Waals surface area contributed by atoms with E-state index in [1.54, 1.807) is 18.3 Å². The van der Waals surface area contributed by atoms with Crippen molar-refractivity contribution in [3.63, 3.8) is 0 Å². The quantitative estimate of drug-likeness (QED) is 0.676. The van der Waals surface area contributed by atoms with Crippen LogP contribution >= 0.6 is 11.3 Å². The molecule has 0 unspecified atom stereocenters. The standard InChI is InChI=1S/C19H25N3O2S/c1-3-4-6-14-8-10-15(11-9-14)17(16-7-5-12-25-16)21-13(2)18(23)22-19(20)24/h5,7-13,17,21H,3-4,6H2,1-2H3,(H3,20,22,23,24)/t13-,17+/m0/s1. The van der Waals surface area contributed by atoms with Crippen molar-refractivity contribution in [2.75, 3.05) is 0 Å². The average Bonchev–Trinajstić information content (AvgIpc) is 3.12. The van der Waals surface area contributed by atoms with Crippen LogP contribution in [-0.4, -0.2) is 18.0 Å². The molecule has 4 N–H and O–H groups in total. The van der Waals surface area contributed by atoms with Crippen LogP contribution in [0, 0.1) is 0 Å². The van der Waals surface area contributed by atoms with Gasteiger partial charge in [0.2, 0.25) is 5.91 Å². The van der Waals surface area contributed by atoms with Crippen molar-refractivity contribution in [2.45, 2.75) is 45.2 Å². The van der Waals surface area contributed by atoms with Gasteiger partial charge in [-0.1, -0.05) is 43.7 Å². The van der Waals surface area contributed by atoms with Gasteiger partial charge >= 0.3 is 6.03 Å². The molecule has 1 aromatic heterocycles. The second-order valence-electron chi connectivity index (χ2n) is 6.04. The summed E-state index contributed by atoms with van der Waals surface area (Å²) in [5.41, 5.74) is 7.43. The fourth-order valence-corrected chi connectivity index (χ4v) is 3.42. The first kappa shape index (κ1) is 19.1. The summed E-state index contributed by atoms with van der Waals surface area (Å²) in [4.78, 5) is 24.0. The Labute approximate surface area is 152 Å². The molecule has 2 rings (SSSR count). The molecule has 25 heavy (non-hydrogen) atoms. The zero-order valence-electron chi connectivity index (χ0n) is 14.6. The van der Waals surface area contributed by atoms with Crippen molar-refractivity contribution in [1.82, 2.24) is 10.6 Å². The average molecular weight is 359 g/mol. The summed E-state index contributed by atoms with van der Waals surface area (Å²) in [6, 6.07) is 11.0. The molecular weight excluding hydrogens is 334 g/mol. The summed E-state index contributed by atoms with van der Waals surface area (Å²) in [6.07, 6.45) is 3.43. The lowest BCUT2D eigenvalue weighted by atomic mass is 10.0. The number of rotatable bonds is 8. The zero-order valence-corrected chi connectivity index (χ0v) is 15.4. The van der Waals surface area contributed by atoms with E-state index in [4.69, 9.17) is 5.73 Å². The molecule has 2 aromatic rings. The highest BCUT2D eigenvalue weighted by atomic mass is 32.1. The third kappa shape index (κ3) is 5.69. The van der Waals surface area contributed by atoms with Crippen molar-refractivity contribution in [2.24, 2.45) is 5.73 Å². The van der Waals surface area contributed by atoms with Gasteiger partial charge in [-0.3, -0.25) is 15.4 Å². The number of carbonyl (C=O) groups is 2. The molecule has 0 spiro atoms. The maximum atomic E-state index is 12.0. The number of nitrogens with one attached hydrogen (secondary N) is 2. The highest BCUT2D eigenvalue weighted by Crippen LogP contribution is 2.27. The number of imide groups is 1. The summed E-state index contributed by atoms with van der Waals surface area (Å²) in [5.74, 6) is -0.436. The predicted octanol–water partition coefficient (Wildman–Crippen LogP) is 3.35. The molecule has 0 aliphatic carbocycles. The second kappa shape index (κ2) is 9.34. The van der Waals surface area contributed by atoms with E-state index in [0.717, 1.165) is 16.9 Å². The molecule has 0 saturated heterocycles. The van der Waals surface area contributed by atoms with Crippen molar-refractivity contribution < 1.29 is 9.59 Å². The van der Waals surface area contributed by atoms with Crippen LogP contribution < -0.4 is 16.4 Å². The number of hydrogen-bond acceptors (Lipinski definition) is 4. The SMILES string of the molecule is CCCCc1ccc([C@@H](N[C@@H](C)C(=O)NC(N)=O)c2cccs2)cc1. The van der Waals surface area contributed by atoms with Crippen LogP contribution in [0.1, 0.15) is 48.7 Å². The lowest BCUT2D eigenvalue weighted by Gasteiger charge is -2.22. The Morgan fingerprint density at radius 2 is 1.92 bits per heavy atom. The first-order chi connectivity index (χ1) is 12.0. The Morgan fingerprint density at radius 3 is 2.48 bits per heavy atom. The second-order valence-corrected chi connectivity index (χ2v) is 7.01. The first-order valence-electron chi connectivity index (χ1n) is 8.49. The summed E-state index contributed by atoms with van der Waals surface area (Å²) >= 11 is 1.63. The molecule has 0 saturated carbocycles. The minimum absolute atomic E-state index is 0.117. The van der Waals surface area contributed by atoms with Crippen molar-refractivity contribution >= 4 is 23.3 Å². The van der Waals surface area contributed by atoms with Crippen molar-refractivity contribution in [1.29, 1.82) is 0 Å². The van der Waals surface area contributed by atoms with E-state index in [1.165, 1.54) is 18.4 Å². The Hall–Kier alpha value is -2.18. The molecule has 6 heteroatoms. The number of aryl methyl sites for hydroxylation is 1. The number of unbranched alkanes of at least 4 members (excludes halogenated alkanes) is 1. The van der Waals surface area contributed by atoms with Crippen LogP contribution in [0.2, 0.25) is 0 Å². The number of benzene rings is 1. The lowest BCUT2D eigenvalue weighted by Crippen LogP contribution is -2.47. The molecule has 0 radical (unpaired) electrons. The molecule has 1 aromatic carbocycles. The molecule has 0 bridgehead atoms. The van der Waals surface area contributed by atoms with Gasteiger partial charge in [0.1, 0.15) is 0 Å². The minimum Gasteiger partial charge on any atom is -0.351 e. The number of thiophene rings is 1. The molecular formula is C19H25N3O2S. The third-order valence-electron chi connectivity index (χ3n) is 4.02. The van der Waals surface area contributed by atoms with Gasteiger partial charge in [-0.05, 0) is 42.3 Å². The van der Waals surface area contributed by atoms with E-state index in [1.807, 2.05) is 17.5 Å². The Bertz CT molecular complexity index is 683. The van der Waals surface area contributed by atoms with Crippen LogP contribution in [0.25, 0.3) is 0 Å². The number of hydrogen-bond donors (Lipinski definition) is 3. The number of nitrogens with two attached hydrogens (primary N) is 1. The molecule has 134 valence electrons. The maximum Gasteiger partial charge on any atom is 0.318 e. The topological polar surface area (TPSA) is 84.2 Å². The summed E-state index contributed by atoms with van der Waals surface area (Å²) in [6.45, 7) is 3.90. The number of primary amides is 1. The third-order valence-corrected chi connectivity index (χ3v) is 4.95. The number of urea groups is 1. The minimum atomic E-state index is -0.841. The van der Waals surface area contributed by atoms with Crippen molar-refractivity contribution in [3.05, 3.63) is 57.8 Å². The highest BCUT2D eigenvalue weighted by Gasteiger charge is 2.22. The molecule has 2 atom stereocenters. The fraction of sp³-hybridized carbons (Fsp3) is 0.368. The van der Waals surface area contributed by atoms with Crippen LogP contribution in [0.4, 0.5) is 4.79 Å². The zero-order chi connectivity index (χ0) is 18.2. The Morgan fingerprint density at radius 1 is 1.20 bits per heavy atom. The largest absolute Gasteiger partial charge is 0.351 e. The molecule has 5 nitrogen and oxygen atoms in total. The summed E-state index contributed by atoms with van der Waals surface area (Å²) in [5, 5.41) is 7.42. The summed E-state index contributed by atoms with van der Waals surface area (Å²) in [7, 11) is 0. The molecule has 0 aliphatic rings. The van der Waals surface area contributed by atoms with Crippen molar-refractivity contribution in [3.8, 4) is 0 Å². The highest BCUT2D eigenvalue weighted by molar-refractivity contribution is 7.10. The molecule has 3 amide bonds. The van der Waals surface area contributed by atoms with Gasteiger partial charge in [0.15, 0.2) is 0 Å². The number of carbonyl (C=O) groups excluding carboxylic acids is 2. The van der Waals surface area contributed by atoms with E-state index in [9.17, 15) is 9.59 Å². The van der Waals surface area contributed by atoms with Crippen LogP contribution in [0.3, 0.4) is 0 Å². The normalized spacial score (nSPS) is 13.2. The van der Waals surface area contributed by atoms with Gasteiger partial charge in [0, 0.05) is 4.88 Å². The fourth-order valence-electron chi connectivity index (χ4n) is 2.61. The van der Waals surface area contributed by atoms with E-state index >= 15 is 0 Å². The molecule has 1 heterocycles. The van der Waals surface area contributed by atoms with Crippen LogP contribution in [0.5, 0.6) is 0 Å². The van der Waals surface area contributed by atoms with Gasteiger partial charge in [-0.25, -0.2) is 4.79 Å². The molecule has 0 aliphatic heterocycles. The summed E-state index contributed by atoms with van der Waals surface area (Å²) < 4.78 is 0. The lowest BCUT2D eigenvalue weighted by molar-refractivity contribution is -0.121. The smallest absolute Gasteiger partial charge is 0.318 e.